The second-order valence-corrected chi connectivity index (χ2v) is 8.56. The zero-order valence-corrected chi connectivity index (χ0v) is 19.8. The normalized spacial score (nSPS) is 22.1. The summed E-state index contributed by atoms with van der Waals surface area (Å²) in [5.74, 6) is -0.518. The molecule has 0 radical (unpaired) electrons. The highest BCUT2D eigenvalue weighted by atomic mass is 16.5. The molecule has 7 nitrogen and oxygen atoms in total. The molecule has 4 rings (SSSR count). The first-order valence-corrected chi connectivity index (χ1v) is 11.4. The first-order chi connectivity index (χ1) is 16.4. The molecular weight excluding hydrogens is 434 g/mol. The Bertz CT molecular complexity index is 1180. The number of aromatic hydroxyl groups is 1. The van der Waals surface area contributed by atoms with Crippen molar-refractivity contribution in [2.75, 3.05) is 20.8 Å². The Kier molecular flexibility index (Phi) is 6.72. The van der Waals surface area contributed by atoms with Crippen LogP contribution in [0.1, 0.15) is 49.7 Å². The van der Waals surface area contributed by atoms with Crippen molar-refractivity contribution >= 4 is 17.5 Å². The summed E-state index contributed by atoms with van der Waals surface area (Å²) in [6.07, 6.45) is 0.840. The Labute approximate surface area is 199 Å². The van der Waals surface area contributed by atoms with Gasteiger partial charge in [0.05, 0.1) is 20.8 Å². The van der Waals surface area contributed by atoms with Crippen LogP contribution in [0.2, 0.25) is 0 Å². The van der Waals surface area contributed by atoms with Crippen LogP contribution in [0.25, 0.3) is 0 Å². The van der Waals surface area contributed by atoms with Crippen molar-refractivity contribution in [1.29, 1.82) is 0 Å². The van der Waals surface area contributed by atoms with Crippen LogP contribution in [0, 0.1) is 5.92 Å². The molecule has 1 unspecified atom stereocenters. The Hall–Kier alpha value is -3.61. The van der Waals surface area contributed by atoms with Crippen molar-refractivity contribution in [3.05, 3.63) is 64.9 Å². The van der Waals surface area contributed by atoms with Crippen LogP contribution in [-0.2, 0) is 14.3 Å². The Balaban J connectivity index is 1.78. The quantitative estimate of drug-likeness (QED) is 0.632. The number of benzene rings is 2. The number of rotatable bonds is 6. The summed E-state index contributed by atoms with van der Waals surface area (Å²) in [5, 5.41) is 10.1. The molecule has 0 saturated heterocycles. The lowest BCUT2D eigenvalue weighted by atomic mass is 9.69. The van der Waals surface area contributed by atoms with E-state index in [0.29, 0.717) is 40.5 Å². The number of hydrogen-bond donors (Lipinski definition) is 1. The first kappa shape index (κ1) is 23.5. The predicted octanol–water partition coefficient (Wildman–Crippen LogP) is 4.55. The van der Waals surface area contributed by atoms with Gasteiger partial charge < -0.3 is 19.3 Å². The number of phenolic OH excluding ortho intramolecular Hbond substituents is 1. The second-order valence-electron chi connectivity index (χ2n) is 8.56. The van der Waals surface area contributed by atoms with Crippen LogP contribution >= 0.6 is 0 Å². The standard InChI is InChI=1S/C27H29NO6/c1-5-34-27(31)24-15(2)28-20-12-18(16-9-10-22(32-3)23(14-16)33-4)13-21(30)26(20)25(24)17-7-6-8-19(29)11-17/h6-11,14,18,24-25,29H,5,12-13H2,1-4H3/t18-,24?,25+/m1/s1. The van der Waals surface area contributed by atoms with Crippen LogP contribution in [0.5, 0.6) is 17.2 Å². The summed E-state index contributed by atoms with van der Waals surface area (Å²) in [6, 6.07) is 12.4. The highest BCUT2D eigenvalue weighted by Crippen LogP contribution is 2.47. The second kappa shape index (κ2) is 9.71. The number of carbonyl (C=O) groups excluding carboxylic acids is 2. The third-order valence-electron chi connectivity index (χ3n) is 6.54. The number of carbonyl (C=O) groups is 2. The Morgan fingerprint density at radius 1 is 1.06 bits per heavy atom. The molecule has 1 aliphatic carbocycles. The van der Waals surface area contributed by atoms with Crippen molar-refractivity contribution in [3.63, 3.8) is 0 Å². The lowest BCUT2D eigenvalue weighted by Crippen LogP contribution is -2.38. The fourth-order valence-electron chi connectivity index (χ4n) is 5.02. The molecule has 0 aromatic heterocycles. The molecule has 2 aromatic rings. The van der Waals surface area contributed by atoms with Crippen molar-refractivity contribution in [2.24, 2.45) is 10.9 Å². The van der Waals surface area contributed by atoms with Gasteiger partial charge in [0.25, 0.3) is 0 Å². The molecule has 0 spiro atoms. The number of methoxy groups -OCH3 is 2. The fraction of sp³-hybridized carbons (Fsp3) is 0.370. The zero-order valence-electron chi connectivity index (χ0n) is 19.8. The van der Waals surface area contributed by atoms with Gasteiger partial charge in [0.1, 0.15) is 11.7 Å². The molecule has 0 fully saturated rings. The van der Waals surface area contributed by atoms with E-state index in [0.717, 1.165) is 5.56 Å². The predicted molar refractivity (Wildman–Crippen MR) is 128 cm³/mol. The molecule has 1 aliphatic heterocycles. The molecule has 1 N–H and O–H groups in total. The minimum atomic E-state index is -0.720. The van der Waals surface area contributed by atoms with E-state index in [9.17, 15) is 14.7 Å². The summed E-state index contributed by atoms with van der Waals surface area (Å²) < 4.78 is 16.1. The molecule has 2 aliphatic rings. The number of ether oxygens (including phenoxy) is 3. The van der Waals surface area contributed by atoms with Crippen molar-refractivity contribution in [2.45, 2.75) is 38.5 Å². The van der Waals surface area contributed by atoms with Gasteiger partial charge in [-0.3, -0.25) is 14.6 Å². The highest BCUT2D eigenvalue weighted by molar-refractivity contribution is 6.09. The van der Waals surface area contributed by atoms with Gasteiger partial charge in [-0.05, 0) is 61.6 Å². The molecule has 3 atom stereocenters. The third kappa shape index (κ3) is 4.30. The van der Waals surface area contributed by atoms with E-state index in [-0.39, 0.29) is 30.5 Å². The van der Waals surface area contributed by atoms with E-state index >= 15 is 0 Å². The maximum Gasteiger partial charge on any atom is 0.315 e. The van der Waals surface area contributed by atoms with E-state index in [2.05, 4.69) is 0 Å². The van der Waals surface area contributed by atoms with Crippen molar-refractivity contribution in [1.82, 2.24) is 0 Å². The monoisotopic (exact) mass is 463 g/mol. The number of ketones is 1. The molecule has 178 valence electrons. The summed E-state index contributed by atoms with van der Waals surface area (Å²) in [5.41, 5.74) is 3.48. The minimum absolute atomic E-state index is 0.0556. The summed E-state index contributed by atoms with van der Waals surface area (Å²) in [7, 11) is 3.16. The van der Waals surface area contributed by atoms with Crippen molar-refractivity contribution in [3.8, 4) is 17.2 Å². The SMILES string of the molecule is CCOC(=O)C1C(C)=NC2=C(C(=O)C[C@H](c3ccc(OC)c(OC)c3)C2)[C@H]1c1cccc(O)c1. The smallest absolute Gasteiger partial charge is 0.315 e. The van der Waals surface area contributed by atoms with Crippen LogP contribution in [-0.4, -0.2) is 43.4 Å². The third-order valence-corrected chi connectivity index (χ3v) is 6.54. The number of hydrogen-bond acceptors (Lipinski definition) is 7. The molecule has 34 heavy (non-hydrogen) atoms. The maximum absolute atomic E-state index is 13.6. The van der Waals surface area contributed by atoms with Crippen LogP contribution in [0.4, 0.5) is 0 Å². The number of allylic oxidation sites excluding steroid dienone is 2. The zero-order chi connectivity index (χ0) is 24.4. The van der Waals surface area contributed by atoms with Crippen LogP contribution in [0.3, 0.4) is 0 Å². The number of aliphatic imine (C=N–C) groups is 1. The van der Waals surface area contributed by atoms with Gasteiger partial charge in [-0.15, -0.1) is 0 Å². The van der Waals surface area contributed by atoms with Gasteiger partial charge in [-0.2, -0.15) is 0 Å². The summed E-state index contributed by atoms with van der Waals surface area (Å²) in [6.45, 7) is 3.78. The van der Waals surface area contributed by atoms with E-state index in [1.165, 1.54) is 0 Å². The van der Waals surface area contributed by atoms with Crippen molar-refractivity contribution < 1.29 is 28.9 Å². The lowest BCUT2D eigenvalue weighted by Gasteiger charge is -2.36. The maximum atomic E-state index is 13.6. The lowest BCUT2D eigenvalue weighted by molar-refractivity contribution is -0.146. The summed E-state index contributed by atoms with van der Waals surface area (Å²) in [4.78, 5) is 31.3. The van der Waals surface area contributed by atoms with Gasteiger partial charge in [-0.25, -0.2) is 0 Å². The number of Topliss-reactive ketones (excluding diaryl/α,β-unsaturated/α-hetero) is 1. The molecular formula is C27H29NO6. The molecule has 0 bridgehead atoms. The van der Waals surface area contributed by atoms with Gasteiger partial charge in [0.15, 0.2) is 17.3 Å². The Morgan fingerprint density at radius 2 is 1.82 bits per heavy atom. The van der Waals surface area contributed by atoms with Crippen LogP contribution < -0.4 is 9.47 Å². The number of esters is 1. The molecule has 0 saturated carbocycles. The van der Waals surface area contributed by atoms with Gasteiger partial charge in [0, 0.05) is 29.3 Å². The first-order valence-electron chi connectivity index (χ1n) is 11.4. The van der Waals surface area contributed by atoms with Gasteiger partial charge >= 0.3 is 5.97 Å². The van der Waals surface area contributed by atoms with Gasteiger partial charge in [-0.1, -0.05) is 18.2 Å². The van der Waals surface area contributed by atoms with E-state index in [1.54, 1.807) is 46.3 Å². The number of nitrogens with zero attached hydrogens (tertiary/aromatic N) is 1. The van der Waals surface area contributed by atoms with Crippen LogP contribution in [0.15, 0.2) is 58.7 Å². The molecule has 2 aromatic carbocycles. The van der Waals surface area contributed by atoms with E-state index in [4.69, 9.17) is 19.2 Å². The Morgan fingerprint density at radius 3 is 2.50 bits per heavy atom. The molecule has 1 heterocycles. The van der Waals surface area contributed by atoms with E-state index < -0.39 is 17.8 Å². The fourth-order valence-corrected chi connectivity index (χ4v) is 5.02. The highest BCUT2D eigenvalue weighted by Gasteiger charge is 2.44. The summed E-state index contributed by atoms with van der Waals surface area (Å²) >= 11 is 0. The van der Waals surface area contributed by atoms with Gasteiger partial charge in [0.2, 0.25) is 0 Å². The average molecular weight is 464 g/mol. The van der Waals surface area contributed by atoms with E-state index in [1.807, 2.05) is 24.3 Å². The average Bonchev–Trinajstić information content (AvgIpc) is 2.82. The number of phenols is 1. The largest absolute Gasteiger partial charge is 0.508 e. The minimum Gasteiger partial charge on any atom is -0.508 e. The molecule has 7 heteroatoms. The molecule has 0 amide bonds. The topological polar surface area (TPSA) is 94.4 Å².